The number of carbonyl (C=O) groups excluding carboxylic acids is 1. The number of hydrogen-bond donors (Lipinski definition) is 1. The smallest absolute Gasteiger partial charge is 0.236 e. The molecule has 0 aromatic heterocycles. The summed E-state index contributed by atoms with van der Waals surface area (Å²) in [4.78, 5) is 12.4. The molecule has 0 aromatic rings. The third kappa shape index (κ3) is 3.94. The first-order valence-electron chi connectivity index (χ1n) is 4.62. The molecule has 0 saturated heterocycles. The fourth-order valence-corrected chi connectivity index (χ4v) is 1.15. The lowest BCUT2D eigenvalue weighted by atomic mass is 10.1. The second kappa shape index (κ2) is 6.03. The van der Waals surface area contributed by atoms with Crippen molar-refractivity contribution in [2.75, 3.05) is 13.6 Å². The summed E-state index contributed by atoms with van der Waals surface area (Å²) in [7, 11) is 1.76. The molecule has 0 aromatic carbocycles. The first-order valence-corrected chi connectivity index (χ1v) is 4.62. The molecule has 0 saturated carbocycles. The molecule has 0 fully saturated rings. The van der Waals surface area contributed by atoms with Crippen LogP contribution in [0.2, 0.25) is 0 Å². The fourth-order valence-electron chi connectivity index (χ4n) is 1.15. The highest BCUT2D eigenvalue weighted by atomic mass is 16.1. The van der Waals surface area contributed by atoms with Crippen LogP contribution in [0, 0.1) is 11.3 Å². The van der Waals surface area contributed by atoms with Gasteiger partial charge >= 0.3 is 0 Å². The van der Waals surface area contributed by atoms with E-state index in [2.05, 4.69) is 6.07 Å². The summed E-state index contributed by atoms with van der Waals surface area (Å²) in [5.41, 5.74) is 6.61. The van der Waals surface area contributed by atoms with Crippen LogP contribution in [0.25, 0.3) is 0 Å². The third-order valence-corrected chi connectivity index (χ3v) is 2.04. The monoisotopic (exact) mass is 195 g/mol. The largest absolute Gasteiger partial charge is 0.368 e. The maximum Gasteiger partial charge on any atom is 0.236 e. The molecule has 1 amide bonds. The number of nitriles is 1. The van der Waals surface area contributed by atoms with Gasteiger partial charge in [0.2, 0.25) is 5.91 Å². The summed E-state index contributed by atoms with van der Waals surface area (Å²) in [6, 6.07) is 2.14. The number of nitrogens with zero attached hydrogens (tertiary/aromatic N) is 2. The quantitative estimate of drug-likeness (QED) is 0.665. The molecule has 0 heterocycles. The van der Waals surface area contributed by atoms with Gasteiger partial charge in [0.05, 0.1) is 12.6 Å². The molecular formula is C10H17N3O. The van der Waals surface area contributed by atoms with E-state index < -0.39 is 0 Å². The predicted octanol–water partition coefficient (Wildman–Crippen LogP) is 1.00. The fraction of sp³-hybridized carbons (Fsp3) is 0.600. The Morgan fingerprint density at radius 3 is 2.50 bits per heavy atom. The molecule has 14 heavy (non-hydrogen) atoms. The summed E-state index contributed by atoms with van der Waals surface area (Å²) >= 11 is 0. The van der Waals surface area contributed by atoms with Gasteiger partial charge in [0.15, 0.2) is 0 Å². The van der Waals surface area contributed by atoms with Crippen molar-refractivity contribution in [3.63, 3.8) is 0 Å². The molecule has 4 heteroatoms. The van der Waals surface area contributed by atoms with Gasteiger partial charge < -0.3 is 10.6 Å². The molecule has 0 aliphatic heterocycles. The first kappa shape index (κ1) is 12.5. The van der Waals surface area contributed by atoms with E-state index in [-0.39, 0.29) is 12.5 Å². The number of amides is 1. The Morgan fingerprint density at radius 1 is 1.57 bits per heavy atom. The lowest BCUT2D eigenvalue weighted by Gasteiger charge is -2.19. The van der Waals surface area contributed by atoms with Gasteiger partial charge in [-0.15, -0.1) is 0 Å². The zero-order chi connectivity index (χ0) is 11.1. The van der Waals surface area contributed by atoms with Crippen LogP contribution >= 0.6 is 0 Å². The Labute approximate surface area is 85.0 Å². The molecule has 0 rings (SSSR count). The van der Waals surface area contributed by atoms with Crippen LogP contribution < -0.4 is 5.73 Å². The minimum atomic E-state index is -0.388. The van der Waals surface area contributed by atoms with Crippen LogP contribution in [0.5, 0.6) is 0 Å². The van der Waals surface area contributed by atoms with Crippen molar-refractivity contribution < 1.29 is 4.79 Å². The summed E-state index contributed by atoms with van der Waals surface area (Å²) < 4.78 is 0. The number of hydrogen-bond acceptors (Lipinski definition) is 3. The van der Waals surface area contributed by atoms with E-state index in [1.54, 1.807) is 11.9 Å². The summed E-state index contributed by atoms with van der Waals surface area (Å²) in [5, 5.41) is 8.86. The van der Waals surface area contributed by atoms with Gasteiger partial charge in [0.25, 0.3) is 0 Å². The van der Waals surface area contributed by atoms with E-state index in [4.69, 9.17) is 11.0 Å². The van der Waals surface area contributed by atoms with E-state index in [9.17, 15) is 4.79 Å². The van der Waals surface area contributed by atoms with Crippen molar-refractivity contribution in [2.24, 2.45) is 5.73 Å². The van der Waals surface area contributed by atoms with Crippen LogP contribution in [-0.2, 0) is 4.79 Å². The average Bonchev–Trinajstić information content (AvgIpc) is 2.12. The number of likely N-dealkylation sites (N-methyl/N-ethyl adjacent to an activating group) is 1. The van der Waals surface area contributed by atoms with Gasteiger partial charge in [-0.3, -0.25) is 4.79 Å². The van der Waals surface area contributed by atoms with Gasteiger partial charge in [0.1, 0.15) is 0 Å². The number of rotatable bonds is 5. The van der Waals surface area contributed by atoms with Crippen LogP contribution in [0.3, 0.4) is 0 Å². The number of primary amides is 1. The summed E-state index contributed by atoms with van der Waals surface area (Å²) in [6.07, 6.45) is 1.66. The topological polar surface area (TPSA) is 70.1 Å². The van der Waals surface area contributed by atoms with Crippen LogP contribution in [0.1, 0.15) is 26.7 Å². The molecule has 0 radical (unpaired) electrons. The van der Waals surface area contributed by atoms with Crippen molar-refractivity contribution in [1.82, 2.24) is 4.90 Å². The van der Waals surface area contributed by atoms with Crippen LogP contribution in [0.15, 0.2) is 11.3 Å². The minimum absolute atomic E-state index is 0.153. The molecule has 0 bridgehead atoms. The normalized spacial score (nSPS) is 11.6. The first-order chi connectivity index (χ1) is 6.52. The molecule has 2 N–H and O–H groups in total. The molecule has 0 unspecified atom stereocenters. The van der Waals surface area contributed by atoms with E-state index in [1.807, 2.05) is 13.8 Å². The third-order valence-electron chi connectivity index (χ3n) is 2.04. The van der Waals surface area contributed by atoms with E-state index in [0.717, 1.165) is 24.1 Å². The lowest BCUT2D eigenvalue weighted by molar-refractivity contribution is -0.118. The molecule has 0 atom stereocenters. The SMILES string of the molecule is CCCC(C#N)=C(C)N(C)CC(N)=O. The Morgan fingerprint density at radius 2 is 2.14 bits per heavy atom. The number of allylic oxidation sites excluding steroid dienone is 2. The van der Waals surface area contributed by atoms with Gasteiger partial charge in [-0.2, -0.15) is 5.26 Å². The minimum Gasteiger partial charge on any atom is -0.368 e. The summed E-state index contributed by atoms with van der Waals surface area (Å²) in [6.45, 7) is 4.00. The number of carbonyl (C=O) groups is 1. The highest BCUT2D eigenvalue weighted by molar-refractivity contribution is 5.76. The zero-order valence-corrected chi connectivity index (χ0v) is 9.00. The molecule has 0 spiro atoms. The Balaban J connectivity index is 4.60. The van der Waals surface area contributed by atoms with Gasteiger partial charge in [-0.05, 0) is 13.3 Å². The maximum absolute atomic E-state index is 10.7. The Kier molecular flexibility index (Phi) is 5.38. The number of nitrogens with two attached hydrogens (primary N) is 1. The zero-order valence-electron chi connectivity index (χ0n) is 9.00. The van der Waals surface area contributed by atoms with Crippen molar-refractivity contribution in [3.05, 3.63) is 11.3 Å². The molecule has 0 aliphatic rings. The van der Waals surface area contributed by atoms with Gasteiger partial charge in [-0.1, -0.05) is 13.3 Å². The second-order valence-corrected chi connectivity index (χ2v) is 3.25. The van der Waals surface area contributed by atoms with Crippen molar-refractivity contribution in [1.29, 1.82) is 5.26 Å². The molecule has 4 nitrogen and oxygen atoms in total. The van der Waals surface area contributed by atoms with E-state index in [1.165, 1.54) is 0 Å². The maximum atomic E-state index is 10.7. The van der Waals surface area contributed by atoms with E-state index in [0.29, 0.717) is 0 Å². The lowest BCUT2D eigenvalue weighted by Crippen LogP contribution is -2.30. The van der Waals surface area contributed by atoms with Crippen molar-refractivity contribution in [3.8, 4) is 6.07 Å². The van der Waals surface area contributed by atoms with Crippen molar-refractivity contribution in [2.45, 2.75) is 26.7 Å². The van der Waals surface area contributed by atoms with Crippen LogP contribution in [0.4, 0.5) is 0 Å². The Hall–Kier alpha value is -1.50. The standard InChI is InChI=1S/C10H17N3O/c1-4-5-9(6-11)8(2)13(3)7-10(12)14/h4-5,7H2,1-3H3,(H2,12,14). The molecular weight excluding hydrogens is 178 g/mol. The molecule has 0 aliphatic carbocycles. The van der Waals surface area contributed by atoms with E-state index >= 15 is 0 Å². The van der Waals surface area contributed by atoms with Gasteiger partial charge in [0, 0.05) is 18.3 Å². The Bertz CT molecular complexity index is 276. The van der Waals surface area contributed by atoms with Gasteiger partial charge in [-0.25, -0.2) is 0 Å². The highest BCUT2D eigenvalue weighted by Gasteiger charge is 2.07. The average molecular weight is 195 g/mol. The molecule has 78 valence electrons. The second-order valence-electron chi connectivity index (χ2n) is 3.25. The summed E-state index contributed by atoms with van der Waals surface area (Å²) in [5.74, 6) is -0.388. The predicted molar refractivity (Wildman–Crippen MR) is 55.0 cm³/mol. The van der Waals surface area contributed by atoms with Crippen molar-refractivity contribution >= 4 is 5.91 Å². The highest BCUT2D eigenvalue weighted by Crippen LogP contribution is 2.12. The van der Waals surface area contributed by atoms with Crippen LogP contribution in [-0.4, -0.2) is 24.4 Å².